The third-order valence-electron chi connectivity index (χ3n) is 6.57. The van der Waals surface area contributed by atoms with E-state index < -0.39 is 5.91 Å². The first-order valence-electron chi connectivity index (χ1n) is 11.5. The lowest BCUT2D eigenvalue weighted by Crippen LogP contribution is -2.32. The first kappa shape index (κ1) is 21.9. The van der Waals surface area contributed by atoms with Crippen LogP contribution in [0.3, 0.4) is 0 Å². The molecule has 5 rings (SSSR count). The molecule has 0 aliphatic carbocycles. The highest BCUT2D eigenvalue weighted by atomic mass is 16.5. The van der Waals surface area contributed by atoms with Crippen LogP contribution in [-0.4, -0.2) is 28.9 Å². The predicted molar refractivity (Wildman–Crippen MR) is 133 cm³/mol. The number of benzene rings is 3. The Bertz CT molecular complexity index is 1200. The molecule has 1 saturated heterocycles. The fraction of sp³-hybridized carbons (Fsp3) is 0.172. The lowest BCUT2D eigenvalue weighted by atomic mass is 9.74. The van der Waals surface area contributed by atoms with Gasteiger partial charge in [-0.3, -0.25) is 9.69 Å². The summed E-state index contributed by atoms with van der Waals surface area (Å²) >= 11 is 0. The zero-order valence-electron chi connectivity index (χ0n) is 18.9. The molecular formula is C29H27N3O2. The predicted octanol–water partition coefficient (Wildman–Crippen LogP) is 5.16. The molecule has 0 bridgehead atoms. The van der Waals surface area contributed by atoms with E-state index in [0.29, 0.717) is 17.2 Å². The molecule has 1 fully saturated rings. The van der Waals surface area contributed by atoms with Gasteiger partial charge in [-0.15, -0.1) is 0 Å². The first-order valence-corrected chi connectivity index (χ1v) is 11.5. The highest BCUT2D eigenvalue weighted by molar-refractivity contribution is 5.92. The molecule has 0 saturated carbocycles. The van der Waals surface area contributed by atoms with Crippen LogP contribution in [0.15, 0.2) is 103 Å². The van der Waals surface area contributed by atoms with Crippen molar-refractivity contribution in [1.82, 2.24) is 9.88 Å². The van der Waals surface area contributed by atoms with E-state index in [2.05, 4.69) is 82.7 Å². The van der Waals surface area contributed by atoms with Crippen LogP contribution in [0.25, 0.3) is 0 Å². The van der Waals surface area contributed by atoms with Gasteiger partial charge in [-0.2, -0.15) is 0 Å². The van der Waals surface area contributed by atoms with Crippen molar-refractivity contribution in [2.24, 2.45) is 5.73 Å². The molecule has 5 heteroatoms. The van der Waals surface area contributed by atoms with Gasteiger partial charge in [0.25, 0.3) is 0 Å². The van der Waals surface area contributed by atoms with Crippen molar-refractivity contribution in [2.75, 3.05) is 13.1 Å². The number of nitrogens with zero attached hydrogens (tertiary/aromatic N) is 2. The van der Waals surface area contributed by atoms with Crippen LogP contribution in [0.1, 0.15) is 33.5 Å². The molecule has 1 aliphatic heterocycles. The van der Waals surface area contributed by atoms with E-state index in [0.717, 1.165) is 26.1 Å². The van der Waals surface area contributed by atoms with Gasteiger partial charge < -0.3 is 10.5 Å². The van der Waals surface area contributed by atoms with Crippen molar-refractivity contribution in [3.63, 3.8) is 0 Å². The largest absolute Gasteiger partial charge is 0.439 e. The van der Waals surface area contributed by atoms with Gasteiger partial charge >= 0.3 is 0 Å². The lowest BCUT2D eigenvalue weighted by molar-refractivity contribution is 0.1000. The highest BCUT2D eigenvalue weighted by Gasteiger charge is 2.40. The van der Waals surface area contributed by atoms with Crippen molar-refractivity contribution >= 4 is 5.91 Å². The zero-order valence-corrected chi connectivity index (χ0v) is 18.9. The molecule has 4 aromatic rings. The van der Waals surface area contributed by atoms with Gasteiger partial charge in [-0.1, -0.05) is 72.8 Å². The third kappa shape index (κ3) is 4.56. The van der Waals surface area contributed by atoms with E-state index in [1.54, 1.807) is 12.1 Å². The minimum absolute atomic E-state index is 0.00825. The van der Waals surface area contributed by atoms with Gasteiger partial charge in [0, 0.05) is 30.8 Å². The second-order valence-corrected chi connectivity index (χ2v) is 8.77. The molecule has 0 unspecified atom stereocenters. The quantitative estimate of drug-likeness (QED) is 0.423. The Labute approximate surface area is 199 Å². The summed E-state index contributed by atoms with van der Waals surface area (Å²) in [6.07, 6.45) is 2.51. The number of carbonyl (C=O) groups is 1. The Morgan fingerprint density at radius 3 is 2.09 bits per heavy atom. The monoisotopic (exact) mass is 449 g/mol. The molecule has 1 aromatic heterocycles. The lowest BCUT2D eigenvalue weighted by Gasteiger charge is -2.31. The van der Waals surface area contributed by atoms with E-state index in [9.17, 15) is 4.79 Å². The maximum absolute atomic E-state index is 11.2. The second kappa shape index (κ2) is 9.49. The van der Waals surface area contributed by atoms with E-state index in [-0.39, 0.29) is 5.41 Å². The number of hydrogen-bond donors (Lipinski definition) is 1. The van der Waals surface area contributed by atoms with E-state index in [4.69, 9.17) is 10.5 Å². The second-order valence-electron chi connectivity index (χ2n) is 8.77. The number of aromatic nitrogens is 1. The molecule has 34 heavy (non-hydrogen) atoms. The summed E-state index contributed by atoms with van der Waals surface area (Å²) < 4.78 is 5.81. The molecule has 5 nitrogen and oxygen atoms in total. The van der Waals surface area contributed by atoms with E-state index in [1.807, 2.05) is 12.1 Å². The number of nitrogens with two attached hydrogens (primary N) is 1. The Kier molecular flexibility index (Phi) is 6.11. The summed E-state index contributed by atoms with van der Waals surface area (Å²) in [5.41, 5.74) is 9.62. The number of ether oxygens (including phenoxy) is 1. The molecule has 2 N–H and O–H groups in total. The van der Waals surface area contributed by atoms with Crippen molar-refractivity contribution in [1.29, 1.82) is 0 Å². The summed E-state index contributed by atoms with van der Waals surface area (Å²) in [4.78, 5) is 17.9. The summed E-state index contributed by atoms with van der Waals surface area (Å²) in [7, 11) is 0. The first-order chi connectivity index (χ1) is 16.6. The fourth-order valence-corrected chi connectivity index (χ4v) is 4.80. The fourth-order valence-electron chi connectivity index (χ4n) is 4.80. The van der Waals surface area contributed by atoms with Crippen molar-refractivity contribution in [3.8, 4) is 11.6 Å². The third-order valence-corrected chi connectivity index (χ3v) is 6.57. The van der Waals surface area contributed by atoms with Gasteiger partial charge in [-0.25, -0.2) is 4.98 Å². The summed E-state index contributed by atoms with van der Waals surface area (Å²) in [5, 5.41) is 0. The van der Waals surface area contributed by atoms with Gasteiger partial charge in [0.15, 0.2) is 0 Å². The van der Waals surface area contributed by atoms with Crippen LogP contribution in [0.4, 0.5) is 0 Å². The number of pyridine rings is 1. The van der Waals surface area contributed by atoms with Gasteiger partial charge in [-0.05, 0) is 47.9 Å². The van der Waals surface area contributed by atoms with Gasteiger partial charge in [0.2, 0.25) is 11.8 Å². The van der Waals surface area contributed by atoms with Crippen molar-refractivity contribution in [2.45, 2.75) is 18.4 Å². The van der Waals surface area contributed by atoms with Gasteiger partial charge in [0.05, 0.1) is 5.56 Å². The van der Waals surface area contributed by atoms with Crippen molar-refractivity contribution < 1.29 is 9.53 Å². The number of amides is 1. The summed E-state index contributed by atoms with van der Waals surface area (Å²) in [5.74, 6) is 0.620. The smallest absolute Gasteiger partial charge is 0.250 e. The number of carbonyl (C=O) groups excluding carboxylic acids is 1. The number of likely N-dealkylation sites (tertiary alicyclic amines) is 1. The van der Waals surface area contributed by atoms with Crippen LogP contribution in [0.2, 0.25) is 0 Å². The SMILES string of the molecule is NC(=O)c1ccc(Oc2ccc(CN3CCC(c4ccccc4)(c4ccccc4)C3)cc2)nc1. The molecule has 170 valence electrons. The van der Waals surface area contributed by atoms with Crippen LogP contribution in [0, 0.1) is 0 Å². The van der Waals surface area contributed by atoms with E-state index in [1.165, 1.54) is 22.9 Å². The number of hydrogen-bond acceptors (Lipinski definition) is 4. The molecule has 0 atom stereocenters. The molecule has 0 spiro atoms. The Balaban J connectivity index is 1.28. The molecule has 0 radical (unpaired) electrons. The maximum Gasteiger partial charge on any atom is 0.250 e. The summed E-state index contributed by atoms with van der Waals surface area (Å²) in [6, 6.07) is 33.1. The van der Waals surface area contributed by atoms with Gasteiger partial charge in [0.1, 0.15) is 5.75 Å². The number of primary amides is 1. The Morgan fingerprint density at radius 2 is 1.53 bits per heavy atom. The molecule has 1 amide bonds. The normalized spacial score (nSPS) is 15.2. The minimum atomic E-state index is -0.506. The number of rotatable bonds is 7. The van der Waals surface area contributed by atoms with E-state index >= 15 is 0 Å². The minimum Gasteiger partial charge on any atom is -0.439 e. The van der Waals surface area contributed by atoms with Crippen LogP contribution >= 0.6 is 0 Å². The summed E-state index contributed by atoms with van der Waals surface area (Å²) in [6.45, 7) is 2.90. The average Bonchev–Trinajstić information content (AvgIpc) is 3.32. The standard InChI is InChI=1S/C29H27N3O2/c30-28(33)23-13-16-27(31-19-23)34-26-14-11-22(12-15-26)20-32-18-17-29(21-32,24-7-3-1-4-8-24)25-9-5-2-6-10-25/h1-16,19H,17-18,20-21H2,(H2,30,33). The average molecular weight is 450 g/mol. The highest BCUT2D eigenvalue weighted by Crippen LogP contribution is 2.41. The molecular weight excluding hydrogens is 422 g/mol. The molecule has 1 aliphatic rings. The Morgan fingerprint density at radius 1 is 0.882 bits per heavy atom. The maximum atomic E-state index is 11.2. The van der Waals surface area contributed by atoms with Crippen LogP contribution < -0.4 is 10.5 Å². The zero-order chi connectivity index (χ0) is 23.4. The van der Waals surface area contributed by atoms with Crippen LogP contribution in [-0.2, 0) is 12.0 Å². The Hall–Kier alpha value is -3.96. The van der Waals surface area contributed by atoms with Crippen LogP contribution in [0.5, 0.6) is 11.6 Å². The topological polar surface area (TPSA) is 68.5 Å². The van der Waals surface area contributed by atoms with Crippen molar-refractivity contribution in [3.05, 3.63) is 126 Å². The molecule has 2 heterocycles. The molecule has 3 aromatic carbocycles.